The lowest BCUT2D eigenvalue weighted by atomic mass is 9.85. The number of thiophene rings is 1. The van der Waals surface area contributed by atoms with Crippen molar-refractivity contribution >= 4 is 11.3 Å². The zero-order valence-electron chi connectivity index (χ0n) is 11.6. The van der Waals surface area contributed by atoms with Crippen LogP contribution in [0.25, 0.3) is 0 Å². The van der Waals surface area contributed by atoms with Crippen LogP contribution in [0.3, 0.4) is 0 Å². The highest BCUT2D eigenvalue weighted by Gasteiger charge is 2.39. The van der Waals surface area contributed by atoms with Gasteiger partial charge >= 0.3 is 0 Å². The normalized spacial score (nSPS) is 21.5. The first kappa shape index (κ1) is 14.0. The maximum Gasteiger partial charge on any atom is 0.0882 e. The van der Waals surface area contributed by atoms with Crippen molar-refractivity contribution in [1.29, 1.82) is 0 Å². The maximum absolute atomic E-state index is 6.59. The molecule has 0 amide bonds. The van der Waals surface area contributed by atoms with Gasteiger partial charge in [-0.15, -0.1) is 11.3 Å². The van der Waals surface area contributed by atoms with Crippen molar-refractivity contribution in [1.82, 2.24) is 0 Å². The fourth-order valence-corrected chi connectivity index (χ4v) is 4.14. The largest absolute Gasteiger partial charge is 0.373 e. The summed E-state index contributed by atoms with van der Waals surface area (Å²) in [6, 6.07) is 2.20. The lowest BCUT2D eigenvalue weighted by Gasteiger charge is -2.38. The summed E-state index contributed by atoms with van der Waals surface area (Å²) in [5.41, 5.74) is 7.78. The van der Waals surface area contributed by atoms with Crippen molar-refractivity contribution in [2.24, 2.45) is 5.73 Å². The van der Waals surface area contributed by atoms with Gasteiger partial charge in [0.2, 0.25) is 0 Å². The van der Waals surface area contributed by atoms with Gasteiger partial charge in [0.15, 0.2) is 0 Å². The molecule has 1 aliphatic rings. The average Bonchev–Trinajstić information content (AvgIpc) is 2.64. The molecule has 1 unspecified atom stereocenters. The first-order chi connectivity index (χ1) is 8.69. The molecule has 2 N–H and O–H groups in total. The third-order valence-corrected chi connectivity index (χ3v) is 5.23. The standard InChI is InChI=1S/C15H25NOS/c1-3-17-15(9-6-4-5-7-10-15)14(16)13-12(2)8-11-18-13/h8,11,14H,3-7,9-10,16H2,1-2H3. The molecular formula is C15H25NOS. The first-order valence-corrected chi connectivity index (χ1v) is 8.01. The second-order valence-electron chi connectivity index (χ2n) is 5.36. The SMILES string of the molecule is CCOC1(C(N)c2sccc2C)CCCCCC1. The third-order valence-electron chi connectivity index (χ3n) is 4.13. The molecule has 0 radical (unpaired) electrons. The van der Waals surface area contributed by atoms with E-state index >= 15 is 0 Å². The molecule has 0 aliphatic heterocycles. The Morgan fingerprint density at radius 2 is 2.00 bits per heavy atom. The Balaban J connectivity index is 2.25. The summed E-state index contributed by atoms with van der Waals surface area (Å²) in [4.78, 5) is 1.31. The number of hydrogen-bond acceptors (Lipinski definition) is 3. The molecule has 1 heterocycles. The number of nitrogens with two attached hydrogens (primary N) is 1. The van der Waals surface area contributed by atoms with Crippen molar-refractivity contribution in [3.05, 3.63) is 21.9 Å². The van der Waals surface area contributed by atoms with Crippen LogP contribution in [0.1, 0.15) is 61.9 Å². The van der Waals surface area contributed by atoms with Crippen molar-refractivity contribution in [3.8, 4) is 0 Å². The van der Waals surface area contributed by atoms with Gasteiger partial charge in [-0.3, -0.25) is 0 Å². The predicted molar refractivity (Wildman–Crippen MR) is 78.0 cm³/mol. The zero-order chi connectivity index (χ0) is 13.0. The topological polar surface area (TPSA) is 35.2 Å². The van der Waals surface area contributed by atoms with E-state index in [9.17, 15) is 0 Å². The molecule has 102 valence electrons. The molecule has 1 saturated carbocycles. The summed E-state index contributed by atoms with van der Waals surface area (Å²) in [5.74, 6) is 0. The Labute approximate surface area is 115 Å². The molecule has 1 aliphatic carbocycles. The minimum Gasteiger partial charge on any atom is -0.373 e. The number of aryl methyl sites for hydroxylation is 1. The van der Waals surface area contributed by atoms with E-state index in [1.165, 1.54) is 36.1 Å². The fraction of sp³-hybridized carbons (Fsp3) is 0.733. The molecule has 0 saturated heterocycles. The number of hydrogen-bond donors (Lipinski definition) is 1. The first-order valence-electron chi connectivity index (χ1n) is 7.13. The van der Waals surface area contributed by atoms with Crippen LogP contribution in [0.5, 0.6) is 0 Å². The predicted octanol–water partition coefficient (Wildman–Crippen LogP) is 4.19. The molecule has 3 heteroatoms. The van der Waals surface area contributed by atoms with Crippen LogP contribution >= 0.6 is 11.3 Å². The van der Waals surface area contributed by atoms with Crippen LogP contribution in [0, 0.1) is 6.92 Å². The Morgan fingerprint density at radius 1 is 1.33 bits per heavy atom. The Bertz CT molecular complexity index is 366. The van der Waals surface area contributed by atoms with Crippen LogP contribution in [0.2, 0.25) is 0 Å². The van der Waals surface area contributed by atoms with E-state index in [1.807, 2.05) is 0 Å². The van der Waals surface area contributed by atoms with E-state index in [-0.39, 0.29) is 11.6 Å². The zero-order valence-corrected chi connectivity index (χ0v) is 12.4. The lowest BCUT2D eigenvalue weighted by Crippen LogP contribution is -2.43. The highest BCUT2D eigenvalue weighted by Crippen LogP contribution is 2.41. The van der Waals surface area contributed by atoms with Gasteiger partial charge in [0.25, 0.3) is 0 Å². The molecular weight excluding hydrogens is 242 g/mol. The van der Waals surface area contributed by atoms with Crippen LogP contribution in [0.4, 0.5) is 0 Å². The lowest BCUT2D eigenvalue weighted by molar-refractivity contribution is -0.0689. The molecule has 1 fully saturated rings. The minimum atomic E-state index is -0.124. The molecule has 2 nitrogen and oxygen atoms in total. The molecule has 0 aromatic carbocycles. The van der Waals surface area contributed by atoms with Crippen molar-refractivity contribution in [3.63, 3.8) is 0 Å². The second-order valence-corrected chi connectivity index (χ2v) is 6.31. The monoisotopic (exact) mass is 267 g/mol. The Morgan fingerprint density at radius 3 is 2.50 bits per heavy atom. The highest BCUT2D eigenvalue weighted by molar-refractivity contribution is 7.10. The van der Waals surface area contributed by atoms with Gasteiger partial charge in [-0.25, -0.2) is 0 Å². The summed E-state index contributed by atoms with van der Waals surface area (Å²) < 4.78 is 6.17. The second kappa shape index (κ2) is 6.18. The molecule has 1 aromatic rings. The summed E-state index contributed by atoms with van der Waals surface area (Å²) in [5, 5.41) is 2.14. The van der Waals surface area contributed by atoms with E-state index in [0.717, 1.165) is 19.4 Å². The van der Waals surface area contributed by atoms with Gasteiger partial charge in [0.1, 0.15) is 0 Å². The summed E-state index contributed by atoms with van der Waals surface area (Å²) in [6.07, 6.45) is 7.37. The van der Waals surface area contributed by atoms with Crippen LogP contribution in [-0.4, -0.2) is 12.2 Å². The van der Waals surface area contributed by atoms with Crippen LogP contribution in [-0.2, 0) is 4.74 Å². The summed E-state index contributed by atoms with van der Waals surface area (Å²) >= 11 is 1.78. The van der Waals surface area contributed by atoms with Gasteiger partial charge in [-0.05, 0) is 43.7 Å². The quantitative estimate of drug-likeness (QED) is 0.830. The number of ether oxygens (including phenoxy) is 1. The summed E-state index contributed by atoms with van der Waals surface area (Å²) in [6.45, 7) is 5.00. The van der Waals surface area contributed by atoms with Gasteiger partial charge in [-0.1, -0.05) is 25.7 Å². The Hall–Kier alpha value is -0.380. The highest BCUT2D eigenvalue weighted by atomic mass is 32.1. The number of rotatable bonds is 4. The minimum absolute atomic E-state index is 0.0375. The van der Waals surface area contributed by atoms with Gasteiger partial charge in [-0.2, -0.15) is 0 Å². The fourth-order valence-electron chi connectivity index (χ4n) is 3.10. The Kier molecular flexibility index (Phi) is 4.82. The molecule has 2 rings (SSSR count). The molecule has 1 aromatic heterocycles. The van der Waals surface area contributed by atoms with Crippen molar-refractivity contribution in [2.45, 2.75) is 64.0 Å². The molecule has 18 heavy (non-hydrogen) atoms. The molecule has 0 spiro atoms. The van der Waals surface area contributed by atoms with E-state index in [2.05, 4.69) is 25.3 Å². The van der Waals surface area contributed by atoms with E-state index in [1.54, 1.807) is 11.3 Å². The molecule has 0 bridgehead atoms. The van der Waals surface area contributed by atoms with Gasteiger partial charge in [0, 0.05) is 11.5 Å². The van der Waals surface area contributed by atoms with Crippen molar-refractivity contribution < 1.29 is 4.74 Å². The van der Waals surface area contributed by atoms with Gasteiger partial charge in [0.05, 0.1) is 11.6 Å². The maximum atomic E-state index is 6.59. The third kappa shape index (κ3) is 2.79. The van der Waals surface area contributed by atoms with Crippen molar-refractivity contribution in [2.75, 3.05) is 6.61 Å². The van der Waals surface area contributed by atoms with Crippen LogP contribution in [0.15, 0.2) is 11.4 Å². The summed E-state index contributed by atoms with van der Waals surface area (Å²) in [7, 11) is 0. The van der Waals surface area contributed by atoms with E-state index in [4.69, 9.17) is 10.5 Å². The van der Waals surface area contributed by atoms with E-state index in [0.29, 0.717) is 0 Å². The van der Waals surface area contributed by atoms with E-state index < -0.39 is 0 Å². The smallest absolute Gasteiger partial charge is 0.0882 e. The van der Waals surface area contributed by atoms with Crippen LogP contribution < -0.4 is 5.73 Å². The average molecular weight is 267 g/mol. The molecule has 1 atom stereocenters. The van der Waals surface area contributed by atoms with Gasteiger partial charge < -0.3 is 10.5 Å².